The summed E-state index contributed by atoms with van der Waals surface area (Å²) >= 11 is 3.13. The van der Waals surface area contributed by atoms with Gasteiger partial charge in [0, 0.05) is 23.7 Å². The van der Waals surface area contributed by atoms with Crippen molar-refractivity contribution in [2.45, 2.75) is 31.7 Å². The van der Waals surface area contributed by atoms with E-state index < -0.39 is 4.92 Å². The molecule has 0 aromatic heterocycles. The molecule has 18 heavy (non-hydrogen) atoms. The van der Waals surface area contributed by atoms with Crippen LogP contribution < -0.4 is 5.73 Å². The number of phenolic OH excluding ortho intramolecular Hbond substituents is 1. The first-order valence-corrected chi connectivity index (χ1v) is 6.72. The Kier molecular flexibility index (Phi) is 3.87. The van der Waals surface area contributed by atoms with Crippen molar-refractivity contribution in [1.29, 1.82) is 0 Å². The Balaban J connectivity index is 2.38. The van der Waals surface area contributed by atoms with Gasteiger partial charge in [0.05, 0.1) is 9.40 Å². The SMILES string of the molecule is N[C@H](c1cc([N+](=O)[O-])cc(Br)c1O)C1CCCC1. The van der Waals surface area contributed by atoms with Crippen molar-refractivity contribution in [3.63, 3.8) is 0 Å². The standard InChI is InChI=1S/C12H15BrN2O3/c13-10-6-8(15(17)18)5-9(12(10)16)11(14)7-3-1-2-4-7/h5-7,11,16H,1-4,14H2/t11-/m0/s1. The number of nitrogens with zero attached hydrogens (tertiary/aromatic N) is 1. The molecular formula is C12H15BrN2O3. The lowest BCUT2D eigenvalue weighted by molar-refractivity contribution is -0.385. The molecule has 5 nitrogen and oxygen atoms in total. The molecule has 3 N–H and O–H groups in total. The van der Waals surface area contributed by atoms with Crippen LogP contribution >= 0.6 is 15.9 Å². The van der Waals surface area contributed by atoms with Gasteiger partial charge in [0.2, 0.25) is 0 Å². The van der Waals surface area contributed by atoms with Crippen LogP contribution in [-0.2, 0) is 0 Å². The fourth-order valence-corrected chi connectivity index (χ4v) is 3.00. The molecule has 1 fully saturated rings. The van der Waals surface area contributed by atoms with Gasteiger partial charge < -0.3 is 10.8 Å². The molecule has 0 spiro atoms. The highest BCUT2D eigenvalue weighted by molar-refractivity contribution is 9.10. The number of benzene rings is 1. The van der Waals surface area contributed by atoms with Gasteiger partial charge >= 0.3 is 0 Å². The van der Waals surface area contributed by atoms with E-state index >= 15 is 0 Å². The van der Waals surface area contributed by atoms with Crippen LogP contribution in [0, 0.1) is 16.0 Å². The molecule has 1 atom stereocenters. The zero-order chi connectivity index (χ0) is 13.3. The van der Waals surface area contributed by atoms with Gasteiger partial charge in [-0.2, -0.15) is 0 Å². The first-order valence-electron chi connectivity index (χ1n) is 5.93. The van der Waals surface area contributed by atoms with Crippen LogP contribution in [0.4, 0.5) is 5.69 Å². The summed E-state index contributed by atoms with van der Waals surface area (Å²) in [5, 5.41) is 20.8. The second-order valence-electron chi connectivity index (χ2n) is 4.69. The predicted octanol–water partition coefficient (Wildman–Crippen LogP) is 3.25. The van der Waals surface area contributed by atoms with Crippen LogP contribution in [0.25, 0.3) is 0 Å². The summed E-state index contributed by atoms with van der Waals surface area (Å²) in [5.74, 6) is 0.310. The molecule has 0 amide bonds. The van der Waals surface area contributed by atoms with Gasteiger partial charge in [0.1, 0.15) is 5.75 Å². The Hall–Kier alpha value is -1.14. The minimum atomic E-state index is -0.477. The molecule has 1 aliphatic rings. The second-order valence-corrected chi connectivity index (χ2v) is 5.55. The predicted molar refractivity (Wildman–Crippen MR) is 71.3 cm³/mol. The average Bonchev–Trinajstić information content (AvgIpc) is 2.85. The number of aromatic hydroxyl groups is 1. The molecule has 1 aliphatic carbocycles. The number of non-ortho nitro benzene ring substituents is 1. The molecule has 0 bridgehead atoms. The van der Waals surface area contributed by atoms with Crippen molar-refractivity contribution < 1.29 is 10.0 Å². The number of nitro groups is 1. The zero-order valence-corrected chi connectivity index (χ0v) is 11.4. The van der Waals surface area contributed by atoms with Crippen molar-refractivity contribution in [2.24, 2.45) is 11.7 Å². The van der Waals surface area contributed by atoms with Crippen molar-refractivity contribution >= 4 is 21.6 Å². The van der Waals surface area contributed by atoms with E-state index in [1.807, 2.05) is 0 Å². The van der Waals surface area contributed by atoms with Crippen LogP contribution in [0.1, 0.15) is 37.3 Å². The second kappa shape index (κ2) is 5.24. The Bertz CT molecular complexity index is 473. The average molecular weight is 315 g/mol. The maximum Gasteiger partial charge on any atom is 0.271 e. The lowest BCUT2D eigenvalue weighted by Gasteiger charge is -2.20. The molecule has 2 rings (SSSR count). The van der Waals surface area contributed by atoms with Crippen molar-refractivity contribution in [1.82, 2.24) is 0 Å². The van der Waals surface area contributed by atoms with E-state index in [4.69, 9.17) is 5.73 Å². The van der Waals surface area contributed by atoms with Crippen molar-refractivity contribution in [3.05, 3.63) is 32.3 Å². The first kappa shape index (κ1) is 13.3. The highest BCUT2D eigenvalue weighted by Gasteiger charge is 2.27. The summed E-state index contributed by atoms with van der Waals surface area (Å²) in [7, 11) is 0. The minimum Gasteiger partial charge on any atom is -0.506 e. The van der Waals surface area contributed by atoms with Gasteiger partial charge in [-0.05, 0) is 34.7 Å². The number of phenols is 1. The quantitative estimate of drug-likeness (QED) is 0.662. The van der Waals surface area contributed by atoms with Gasteiger partial charge in [0.25, 0.3) is 5.69 Å². The van der Waals surface area contributed by atoms with Crippen LogP contribution in [0.15, 0.2) is 16.6 Å². The van der Waals surface area contributed by atoms with Crippen molar-refractivity contribution in [3.8, 4) is 5.75 Å². The molecule has 1 saturated carbocycles. The molecule has 0 heterocycles. The van der Waals surface area contributed by atoms with Crippen molar-refractivity contribution in [2.75, 3.05) is 0 Å². The van der Waals surface area contributed by atoms with Gasteiger partial charge in [0.15, 0.2) is 0 Å². The van der Waals surface area contributed by atoms with Crippen LogP contribution in [0.3, 0.4) is 0 Å². The largest absolute Gasteiger partial charge is 0.506 e. The Morgan fingerprint density at radius 1 is 1.44 bits per heavy atom. The molecule has 98 valence electrons. The molecular weight excluding hydrogens is 300 g/mol. The first-order chi connectivity index (χ1) is 8.50. The van der Waals surface area contributed by atoms with E-state index in [1.54, 1.807) is 0 Å². The third-order valence-electron chi connectivity index (χ3n) is 3.56. The number of hydrogen-bond acceptors (Lipinski definition) is 4. The Morgan fingerprint density at radius 2 is 2.06 bits per heavy atom. The molecule has 1 aromatic rings. The fourth-order valence-electron chi connectivity index (χ4n) is 2.54. The van der Waals surface area contributed by atoms with E-state index in [-0.39, 0.29) is 17.5 Å². The van der Waals surface area contributed by atoms with Gasteiger partial charge in [-0.3, -0.25) is 10.1 Å². The van der Waals surface area contributed by atoms with Crippen LogP contribution in [0.5, 0.6) is 5.75 Å². The monoisotopic (exact) mass is 314 g/mol. The summed E-state index contributed by atoms with van der Waals surface area (Å²) in [5.41, 5.74) is 6.54. The fraction of sp³-hybridized carbons (Fsp3) is 0.500. The summed E-state index contributed by atoms with van der Waals surface area (Å²) in [6, 6.07) is 2.33. The molecule has 1 aromatic carbocycles. The van der Waals surface area contributed by atoms with E-state index in [9.17, 15) is 15.2 Å². The zero-order valence-electron chi connectivity index (χ0n) is 9.80. The van der Waals surface area contributed by atoms with E-state index in [0.717, 1.165) is 25.7 Å². The molecule has 0 unspecified atom stereocenters. The number of halogens is 1. The van der Waals surface area contributed by atoms with Gasteiger partial charge in [-0.15, -0.1) is 0 Å². The van der Waals surface area contributed by atoms with E-state index in [0.29, 0.717) is 16.0 Å². The maximum absolute atomic E-state index is 10.8. The highest BCUT2D eigenvalue weighted by Crippen LogP contribution is 2.41. The topological polar surface area (TPSA) is 89.4 Å². The lowest BCUT2D eigenvalue weighted by atomic mass is 9.91. The maximum atomic E-state index is 10.8. The third kappa shape index (κ3) is 2.49. The molecule has 6 heteroatoms. The van der Waals surface area contributed by atoms with E-state index in [1.165, 1.54) is 12.1 Å². The summed E-state index contributed by atoms with van der Waals surface area (Å²) < 4.78 is 0.320. The Morgan fingerprint density at radius 3 is 2.61 bits per heavy atom. The highest BCUT2D eigenvalue weighted by atomic mass is 79.9. The molecule has 0 saturated heterocycles. The summed E-state index contributed by atoms with van der Waals surface area (Å²) in [6.45, 7) is 0. The van der Waals surface area contributed by atoms with Gasteiger partial charge in [-0.25, -0.2) is 0 Å². The number of nitro benzene ring substituents is 1. The summed E-state index contributed by atoms with van der Waals surface area (Å²) in [6.07, 6.45) is 4.30. The minimum absolute atomic E-state index is 0.0139. The number of nitrogens with two attached hydrogens (primary N) is 1. The normalized spacial score (nSPS) is 17.9. The van der Waals surface area contributed by atoms with Crippen LogP contribution in [-0.4, -0.2) is 10.0 Å². The number of rotatable bonds is 3. The van der Waals surface area contributed by atoms with E-state index in [2.05, 4.69) is 15.9 Å². The lowest BCUT2D eigenvalue weighted by Crippen LogP contribution is -2.19. The molecule has 0 aliphatic heterocycles. The van der Waals surface area contributed by atoms with Crippen LogP contribution in [0.2, 0.25) is 0 Å². The summed E-state index contributed by atoms with van der Waals surface area (Å²) in [4.78, 5) is 10.3. The third-order valence-corrected chi connectivity index (χ3v) is 4.16. The number of hydrogen-bond donors (Lipinski definition) is 2. The Labute approximate surface area is 113 Å². The van der Waals surface area contributed by atoms with Gasteiger partial charge in [-0.1, -0.05) is 12.8 Å². The smallest absolute Gasteiger partial charge is 0.271 e. The molecule has 0 radical (unpaired) electrons.